The van der Waals surface area contributed by atoms with Gasteiger partial charge in [0.1, 0.15) is 0 Å². The van der Waals surface area contributed by atoms with Gasteiger partial charge in [-0.15, -0.1) is 11.6 Å². The highest BCUT2D eigenvalue weighted by Gasteiger charge is 2.28. The van der Waals surface area contributed by atoms with Crippen molar-refractivity contribution >= 4 is 37.6 Å². The molecule has 0 heterocycles. The Balaban J connectivity index is 2.22. The molecule has 0 atom stereocenters. The molecule has 1 aromatic carbocycles. The molecule has 0 aromatic heterocycles. The maximum Gasteiger partial charge on any atom is 0.243 e. The Kier molecular flexibility index (Phi) is 4.93. The van der Waals surface area contributed by atoms with Crippen molar-refractivity contribution in [2.45, 2.75) is 30.0 Å². The van der Waals surface area contributed by atoms with Gasteiger partial charge >= 0.3 is 0 Å². The van der Waals surface area contributed by atoms with Gasteiger partial charge in [-0.3, -0.25) is 0 Å². The van der Waals surface area contributed by atoms with E-state index >= 15 is 0 Å². The SMILES string of the molecule is CN(CC1CCC1)S(=O)(=O)c1ccc(CCl)cc1Br. The third kappa shape index (κ3) is 3.32. The van der Waals surface area contributed by atoms with Crippen molar-refractivity contribution in [2.75, 3.05) is 13.6 Å². The van der Waals surface area contributed by atoms with Crippen molar-refractivity contribution in [1.29, 1.82) is 0 Å². The fourth-order valence-corrected chi connectivity index (χ4v) is 4.64. The van der Waals surface area contributed by atoms with Crippen LogP contribution in [0, 0.1) is 5.92 Å². The number of halogens is 2. The first-order valence-electron chi connectivity index (χ1n) is 6.26. The number of benzene rings is 1. The highest BCUT2D eigenvalue weighted by molar-refractivity contribution is 9.10. The lowest BCUT2D eigenvalue weighted by atomic mass is 9.86. The lowest BCUT2D eigenvalue weighted by molar-refractivity contribution is 0.263. The van der Waals surface area contributed by atoms with Gasteiger partial charge in [0.15, 0.2) is 0 Å². The van der Waals surface area contributed by atoms with Crippen LogP contribution in [0.4, 0.5) is 0 Å². The van der Waals surface area contributed by atoms with E-state index in [1.165, 1.54) is 10.7 Å². The van der Waals surface area contributed by atoms with Crippen molar-refractivity contribution in [3.63, 3.8) is 0 Å². The molecule has 1 fully saturated rings. The normalized spacial score (nSPS) is 16.6. The van der Waals surface area contributed by atoms with E-state index < -0.39 is 10.0 Å². The van der Waals surface area contributed by atoms with Gasteiger partial charge in [0, 0.05) is 23.9 Å². The largest absolute Gasteiger partial charge is 0.243 e. The second-order valence-electron chi connectivity index (χ2n) is 4.98. The van der Waals surface area contributed by atoms with E-state index in [4.69, 9.17) is 11.6 Å². The van der Waals surface area contributed by atoms with E-state index in [-0.39, 0.29) is 0 Å². The Morgan fingerprint density at radius 3 is 2.58 bits per heavy atom. The summed E-state index contributed by atoms with van der Waals surface area (Å²) in [6.45, 7) is 0.603. The molecule has 0 aliphatic heterocycles. The fourth-order valence-electron chi connectivity index (χ4n) is 2.14. The van der Waals surface area contributed by atoms with Gasteiger partial charge in [0.25, 0.3) is 0 Å². The fraction of sp³-hybridized carbons (Fsp3) is 0.538. The van der Waals surface area contributed by atoms with Crippen LogP contribution in [0.25, 0.3) is 0 Å². The summed E-state index contributed by atoms with van der Waals surface area (Å²) in [4.78, 5) is 0.309. The summed E-state index contributed by atoms with van der Waals surface area (Å²) in [5, 5.41) is 0. The molecular formula is C13H17BrClNO2S. The molecule has 1 aliphatic rings. The Morgan fingerprint density at radius 2 is 2.11 bits per heavy atom. The van der Waals surface area contributed by atoms with Crippen LogP contribution >= 0.6 is 27.5 Å². The van der Waals surface area contributed by atoms with Gasteiger partial charge in [-0.25, -0.2) is 12.7 Å². The van der Waals surface area contributed by atoms with Crippen molar-refractivity contribution < 1.29 is 8.42 Å². The molecule has 0 unspecified atom stereocenters. The van der Waals surface area contributed by atoms with Gasteiger partial charge < -0.3 is 0 Å². The van der Waals surface area contributed by atoms with Crippen LogP contribution in [0.5, 0.6) is 0 Å². The average molecular weight is 367 g/mol. The molecule has 1 aliphatic carbocycles. The summed E-state index contributed by atoms with van der Waals surface area (Å²) >= 11 is 9.07. The standard InChI is InChI=1S/C13H17BrClNO2S/c1-16(9-10-3-2-4-10)19(17,18)13-6-5-11(8-15)7-12(13)14/h5-7,10H,2-4,8-9H2,1H3. The minimum atomic E-state index is -3.42. The van der Waals surface area contributed by atoms with Crippen molar-refractivity contribution in [1.82, 2.24) is 4.31 Å². The number of alkyl halides is 1. The zero-order chi connectivity index (χ0) is 14.0. The van der Waals surface area contributed by atoms with Gasteiger partial charge in [-0.1, -0.05) is 12.5 Å². The number of sulfonamides is 1. The third-order valence-electron chi connectivity index (χ3n) is 3.58. The van der Waals surface area contributed by atoms with E-state index in [9.17, 15) is 8.42 Å². The van der Waals surface area contributed by atoms with Crippen LogP contribution in [0.2, 0.25) is 0 Å². The number of rotatable bonds is 5. The summed E-state index contributed by atoms with van der Waals surface area (Å²) in [7, 11) is -1.77. The zero-order valence-electron chi connectivity index (χ0n) is 10.8. The molecule has 0 N–H and O–H groups in total. The molecule has 19 heavy (non-hydrogen) atoms. The molecule has 0 radical (unpaired) electrons. The third-order valence-corrected chi connectivity index (χ3v) is 6.69. The maximum atomic E-state index is 12.5. The van der Waals surface area contributed by atoms with E-state index in [1.807, 2.05) is 0 Å². The van der Waals surface area contributed by atoms with Gasteiger partial charge in [-0.05, 0) is 52.4 Å². The Bertz CT molecular complexity index is 558. The van der Waals surface area contributed by atoms with Crippen molar-refractivity contribution in [2.24, 2.45) is 5.92 Å². The molecule has 0 saturated heterocycles. The van der Waals surface area contributed by atoms with Gasteiger partial charge in [0.05, 0.1) is 4.90 Å². The molecule has 0 amide bonds. The monoisotopic (exact) mass is 365 g/mol. The molecule has 0 spiro atoms. The quantitative estimate of drug-likeness (QED) is 0.747. The lowest BCUT2D eigenvalue weighted by Crippen LogP contribution is -2.34. The molecule has 1 saturated carbocycles. The van der Waals surface area contributed by atoms with Crippen molar-refractivity contribution in [3.8, 4) is 0 Å². The van der Waals surface area contributed by atoms with E-state index in [2.05, 4.69) is 15.9 Å². The highest BCUT2D eigenvalue weighted by atomic mass is 79.9. The van der Waals surface area contributed by atoms with Crippen molar-refractivity contribution in [3.05, 3.63) is 28.2 Å². The van der Waals surface area contributed by atoms with Crippen LogP contribution in [0.3, 0.4) is 0 Å². The van der Waals surface area contributed by atoms with Crippen LogP contribution in [-0.4, -0.2) is 26.3 Å². The second-order valence-corrected chi connectivity index (χ2v) is 8.12. The predicted molar refractivity (Wildman–Crippen MR) is 80.9 cm³/mol. The van der Waals surface area contributed by atoms with Crippen LogP contribution in [0.15, 0.2) is 27.6 Å². The first-order valence-corrected chi connectivity index (χ1v) is 9.02. The highest BCUT2D eigenvalue weighted by Crippen LogP contribution is 2.30. The molecule has 6 heteroatoms. The van der Waals surface area contributed by atoms with Gasteiger partial charge in [-0.2, -0.15) is 0 Å². The summed E-state index contributed by atoms with van der Waals surface area (Å²) in [6.07, 6.45) is 3.48. The smallest absolute Gasteiger partial charge is 0.207 e. The first-order chi connectivity index (χ1) is 8.95. The van der Waals surface area contributed by atoms with E-state index in [0.717, 1.165) is 18.4 Å². The Morgan fingerprint density at radius 1 is 1.42 bits per heavy atom. The molecule has 1 aromatic rings. The number of hydrogen-bond donors (Lipinski definition) is 0. The maximum absolute atomic E-state index is 12.5. The molecule has 106 valence electrons. The molecule has 2 rings (SSSR count). The van der Waals surface area contributed by atoms with E-state index in [0.29, 0.717) is 27.7 Å². The molecular weight excluding hydrogens is 350 g/mol. The average Bonchev–Trinajstić information content (AvgIpc) is 2.32. The van der Waals surface area contributed by atoms with Crippen LogP contribution in [0.1, 0.15) is 24.8 Å². The lowest BCUT2D eigenvalue weighted by Gasteiger charge is -2.29. The number of hydrogen-bond acceptors (Lipinski definition) is 2. The molecule has 0 bridgehead atoms. The second kappa shape index (κ2) is 6.12. The summed E-state index contributed by atoms with van der Waals surface area (Å²) < 4.78 is 27.0. The van der Waals surface area contributed by atoms with Crippen LogP contribution in [-0.2, 0) is 15.9 Å². The number of nitrogens with zero attached hydrogens (tertiary/aromatic N) is 1. The Labute approximate surface area is 128 Å². The molecule has 3 nitrogen and oxygen atoms in total. The predicted octanol–water partition coefficient (Wildman–Crippen LogP) is 3.61. The van der Waals surface area contributed by atoms with E-state index in [1.54, 1.807) is 25.2 Å². The topological polar surface area (TPSA) is 37.4 Å². The Hall–Kier alpha value is -0.100. The van der Waals surface area contributed by atoms with Gasteiger partial charge in [0.2, 0.25) is 10.0 Å². The minimum Gasteiger partial charge on any atom is -0.207 e. The summed E-state index contributed by atoms with van der Waals surface area (Å²) in [5.41, 5.74) is 0.897. The van der Waals surface area contributed by atoms with Crippen LogP contribution < -0.4 is 0 Å². The zero-order valence-corrected chi connectivity index (χ0v) is 13.9. The summed E-state index contributed by atoms with van der Waals surface area (Å²) in [5.74, 6) is 0.886. The minimum absolute atomic E-state index is 0.309. The summed E-state index contributed by atoms with van der Waals surface area (Å²) in [6, 6.07) is 5.13. The first kappa shape index (κ1) is 15.3.